The van der Waals surface area contributed by atoms with Crippen LogP contribution in [0, 0.1) is 5.82 Å². The van der Waals surface area contributed by atoms with Gasteiger partial charge in [-0.2, -0.15) is 0 Å². The van der Waals surface area contributed by atoms with Gasteiger partial charge in [-0.25, -0.2) is 12.8 Å². The van der Waals surface area contributed by atoms with Crippen LogP contribution in [0.25, 0.3) is 0 Å². The fourth-order valence-corrected chi connectivity index (χ4v) is 5.14. The second-order valence-electron chi connectivity index (χ2n) is 7.35. The first-order valence-corrected chi connectivity index (χ1v) is 11.7. The van der Waals surface area contributed by atoms with Crippen LogP contribution in [0.5, 0.6) is 5.75 Å². The molecule has 7 heteroatoms. The molecule has 1 saturated heterocycles. The first-order chi connectivity index (χ1) is 13.9. The van der Waals surface area contributed by atoms with Gasteiger partial charge in [0, 0.05) is 18.2 Å². The lowest BCUT2D eigenvalue weighted by molar-refractivity contribution is 0.0680. The summed E-state index contributed by atoms with van der Waals surface area (Å²) in [6, 6.07) is 12.5. The zero-order valence-electron chi connectivity index (χ0n) is 16.5. The molecule has 1 atom stereocenters. The molecule has 0 unspecified atom stereocenters. The second kappa shape index (κ2) is 9.39. The fraction of sp³-hybridized carbons (Fsp3) is 0.409. The monoisotopic (exact) mass is 419 g/mol. The molecule has 0 N–H and O–H groups in total. The van der Waals surface area contributed by atoms with E-state index in [1.807, 2.05) is 0 Å². The highest BCUT2D eigenvalue weighted by Gasteiger charge is 2.35. The van der Waals surface area contributed by atoms with Crippen LogP contribution in [0.2, 0.25) is 0 Å². The molecule has 0 radical (unpaired) electrons. The molecule has 0 spiro atoms. The van der Waals surface area contributed by atoms with Crippen molar-refractivity contribution in [3.63, 3.8) is 0 Å². The van der Waals surface area contributed by atoms with Crippen molar-refractivity contribution in [1.29, 1.82) is 0 Å². The maximum absolute atomic E-state index is 13.6. The average Bonchev–Trinajstić information content (AvgIpc) is 3.06. The number of halogens is 1. The lowest BCUT2D eigenvalue weighted by Crippen LogP contribution is -2.40. The number of nitrogens with zero attached hydrogens (tertiary/aromatic N) is 1. The predicted molar refractivity (Wildman–Crippen MR) is 110 cm³/mol. The Morgan fingerprint density at radius 3 is 2.59 bits per heavy atom. The number of carbonyl (C=O) groups excluding carboxylic acids is 1. The van der Waals surface area contributed by atoms with Gasteiger partial charge in [0.05, 0.1) is 18.1 Å². The molecule has 3 rings (SSSR count). The molecule has 1 fully saturated rings. The number of benzene rings is 2. The first-order valence-electron chi connectivity index (χ1n) is 9.86. The number of ether oxygens (including phenoxy) is 1. The van der Waals surface area contributed by atoms with Gasteiger partial charge in [-0.15, -0.1) is 0 Å². The predicted octanol–water partition coefficient (Wildman–Crippen LogP) is 3.83. The fourth-order valence-electron chi connectivity index (χ4n) is 3.41. The van der Waals surface area contributed by atoms with Crippen LogP contribution in [0.3, 0.4) is 0 Å². The Morgan fingerprint density at radius 1 is 1.21 bits per heavy atom. The lowest BCUT2D eigenvalue weighted by Gasteiger charge is -2.28. The largest absolute Gasteiger partial charge is 0.494 e. The minimum Gasteiger partial charge on any atom is -0.494 e. The highest BCUT2D eigenvalue weighted by molar-refractivity contribution is 7.91. The maximum atomic E-state index is 13.6. The van der Waals surface area contributed by atoms with E-state index in [1.54, 1.807) is 41.3 Å². The summed E-state index contributed by atoms with van der Waals surface area (Å²) in [6.45, 7) is 2.86. The molecule has 0 saturated carbocycles. The van der Waals surface area contributed by atoms with Crippen LogP contribution in [0.1, 0.15) is 42.1 Å². The third-order valence-corrected chi connectivity index (χ3v) is 6.77. The van der Waals surface area contributed by atoms with Crippen LogP contribution >= 0.6 is 0 Å². The van der Waals surface area contributed by atoms with Crippen molar-refractivity contribution in [2.75, 3.05) is 18.1 Å². The molecule has 2 aromatic rings. The van der Waals surface area contributed by atoms with E-state index in [4.69, 9.17) is 4.74 Å². The molecule has 156 valence electrons. The minimum absolute atomic E-state index is 0.0632. The third-order valence-electron chi connectivity index (χ3n) is 5.02. The van der Waals surface area contributed by atoms with Gasteiger partial charge in [0.25, 0.3) is 5.91 Å². The van der Waals surface area contributed by atoms with E-state index in [-0.39, 0.29) is 29.8 Å². The van der Waals surface area contributed by atoms with Gasteiger partial charge in [-0.1, -0.05) is 25.5 Å². The summed E-state index contributed by atoms with van der Waals surface area (Å²) in [4.78, 5) is 14.7. The van der Waals surface area contributed by atoms with Gasteiger partial charge in [0.1, 0.15) is 11.6 Å². The second-order valence-corrected chi connectivity index (χ2v) is 9.57. The highest BCUT2D eigenvalue weighted by atomic mass is 32.2. The Kier molecular flexibility index (Phi) is 6.90. The highest BCUT2D eigenvalue weighted by Crippen LogP contribution is 2.23. The first kappa shape index (κ1) is 21.3. The van der Waals surface area contributed by atoms with Crippen molar-refractivity contribution in [3.8, 4) is 5.75 Å². The van der Waals surface area contributed by atoms with Crippen LogP contribution in [-0.2, 0) is 16.4 Å². The van der Waals surface area contributed by atoms with E-state index in [9.17, 15) is 17.6 Å². The molecule has 0 aromatic heterocycles. The summed E-state index contributed by atoms with van der Waals surface area (Å²) in [5.74, 6) is 0.0373. The van der Waals surface area contributed by atoms with Crippen molar-refractivity contribution in [3.05, 3.63) is 65.5 Å². The molecule has 0 bridgehead atoms. The third kappa shape index (κ3) is 5.79. The van der Waals surface area contributed by atoms with Crippen LogP contribution < -0.4 is 4.74 Å². The van der Waals surface area contributed by atoms with Crippen molar-refractivity contribution < 1.29 is 22.3 Å². The summed E-state index contributed by atoms with van der Waals surface area (Å²) >= 11 is 0. The van der Waals surface area contributed by atoms with E-state index in [0.717, 1.165) is 12.8 Å². The summed E-state index contributed by atoms with van der Waals surface area (Å²) < 4.78 is 43.2. The van der Waals surface area contributed by atoms with Gasteiger partial charge in [0.15, 0.2) is 9.84 Å². The van der Waals surface area contributed by atoms with E-state index >= 15 is 0 Å². The Balaban J connectivity index is 1.80. The van der Waals surface area contributed by atoms with Gasteiger partial charge >= 0.3 is 0 Å². The minimum atomic E-state index is -3.16. The van der Waals surface area contributed by atoms with Gasteiger partial charge in [0.2, 0.25) is 0 Å². The van der Waals surface area contributed by atoms with Crippen molar-refractivity contribution in [1.82, 2.24) is 4.90 Å². The van der Waals surface area contributed by atoms with Crippen molar-refractivity contribution >= 4 is 15.7 Å². The number of carbonyl (C=O) groups is 1. The van der Waals surface area contributed by atoms with E-state index in [1.165, 1.54) is 12.1 Å². The summed E-state index contributed by atoms with van der Waals surface area (Å²) in [7, 11) is -3.16. The number of sulfone groups is 1. The molecular formula is C22H26FNO4S. The molecule has 1 aliphatic heterocycles. The Bertz CT molecular complexity index is 944. The van der Waals surface area contributed by atoms with Gasteiger partial charge in [-0.05, 0) is 54.8 Å². The van der Waals surface area contributed by atoms with Crippen LogP contribution in [0.15, 0.2) is 48.5 Å². The zero-order valence-corrected chi connectivity index (χ0v) is 17.3. The summed E-state index contributed by atoms with van der Waals surface area (Å²) in [5.41, 5.74) is 1.08. The van der Waals surface area contributed by atoms with Crippen LogP contribution in [-0.4, -0.2) is 43.4 Å². The van der Waals surface area contributed by atoms with Crippen molar-refractivity contribution in [2.24, 2.45) is 0 Å². The number of hydrogen-bond donors (Lipinski definition) is 0. The summed E-state index contributed by atoms with van der Waals surface area (Å²) in [6.07, 6.45) is 2.38. The SMILES string of the molecule is CCCCOc1ccc(C(=O)N(Cc2cccc(F)c2)[C@H]2CCS(=O)(=O)C2)cc1. The number of hydrogen-bond acceptors (Lipinski definition) is 4. The average molecular weight is 420 g/mol. The Labute approximate surface area is 171 Å². The smallest absolute Gasteiger partial charge is 0.254 e. The molecule has 1 amide bonds. The molecule has 2 aromatic carbocycles. The zero-order chi connectivity index (χ0) is 20.9. The molecular weight excluding hydrogens is 393 g/mol. The molecule has 5 nitrogen and oxygen atoms in total. The number of rotatable bonds is 8. The Hall–Kier alpha value is -2.41. The van der Waals surface area contributed by atoms with Crippen molar-refractivity contribution in [2.45, 2.75) is 38.8 Å². The quantitative estimate of drug-likeness (QED) is 0.610. The van der Waals surface area contributed by atoms with Gasteiger partial charge < -0.3 is 9.64 Å². The number of unbranched alkanes of at least 4 members (excludes halogenated alkanes) is 1. The van der Waals surface area contributed by atoms with E-state index < -0.39 is 15.9 Å². The number of amides is 1. The van der Waals surface area contributed by atoms with E-state index in [2.05, 4.69) is 6.92 Å². The summed E-state index contributed by atoms with van der Waals surface area (Å²) in [5, 5.41) is 0. The normalized spacial score (nSPS) is 17.8. The van der Waals surface area contributed by atoms with Crippen LogP contribution in [0.4, 0.5) is 4.39 Å². The Morgan fingerprint density at radius 2 is 1.97 bits per heavy atom. The lowest BCUT2D eigenvalue weighted by atomic mass is 10.1. The molecule has 29 heavy (non-hydrogen) atoms. The molecule has 1 aliphatic rings. The van der Waals surface area contributed by atoms with Gasteiger partial charge in [-0.3, -0.25) is 4.79 Å². The van der Waals surface area contributed by atoms with E-state index in [0.29, 0.717) is 29.9 Å². The standard InChI is InChI=1S/C22H26FNO4S/c1-2-3-12-28-21-9-7-18(8-10-21)22(25)24(20-11-13-29(26,27)16-20)15-17-5-4-6-19(23)14-17/h4-10,14,20H,2-3,11-13,15-16H2,1H3/t20-/m0/s1. The maximum Gasteiger partial charge on any atom is 0.254 e. The topological polar surface area (TPSA) is 63.7 Å². The molecule has 0 aliphatic carbocycles. The molecule has 1 heterocycles.